The van der Waals surface area contributed by atoms with E-state index in [2.05, 4.69) is 39.9 Å². The number of aliphatic hydroxyl groups is 1. The first-order valence-electron chi connectivity index (χ1n) is 8.06. The van der Waals surface area contributed by atoms with Crippen molar-refractivity contribution in [2.24, 2.45) is 22.7 Å². The number of hydrogen-bond donors (Lipinski definition) is 2. The Hall–Kier alpha value is -0.0800. The van der Waals surface area contributed by atoms with Gasteiger partial charge in [-0.3, -0.25) is 0 Å². The summed E-state index contributed by atoms with van der Waals surface area (Å²) in [6.07, 6.45) is 6.45. The molecule has 2 N–H and O–H groups in total. The van der Waals surface area contributed by atoms with Gasteiger partial charge in [-0.1, -0.05) is 34.6 Å². The molecule has 19 heavy (non-hydrogen) atoms. The van der Waals surface area contributed by atoms with Crippen LogP contribution in [0.1, 0.15) is 66.7 Å². The third-order valence-electron chi connectivity index (χ3n) is 4.90. The standard InChI is InChI=1S/C17H35NO/c1-16(2,3)15-8-6-14(7-9-15)12-18-13-17(4,5)10-11-19/h14-15,18-19H,6-13H2,1-5H3. The minimum absolute atomic E-state index is 0.220. The Morgan fingerprint density at radius 3 is 2.05 bits per heavy atom. The molecule has 0 spiro atoms. The second-order valence-electron chi connectivity index (χ2n) is 8.35. The molecule has 0 aromatic carbocycles. The van der Waals surface area contributed by atoms with Gasteiger partial charge in [0.15, 0.2) is 0 Å². The van der Waals surface area contributed by atoms with Gasteiger partial charge in [0.05, 0.1) is 0 Å². The Kier molecular flexibility index (Phi) is 6.32. The zero-order valence-corrected chi connectivity index (χ0v) is 13.8. The van der Waals surface area contributed by atoms with E-state index in [4.69, 9.17) is 5.11 Å². The second-order valence-corrected chi connectivity index (χ2v) is 8.35. The van der Waals surface area contributed by atoms with E-state index < -0.39 is 0 Å². The fourth-order valence-corrected chi connectivity index (χ4v) is 3.24. The van der Waals surface area contributed by atoms with Crippen LogP contribution in [0.2, 0.25) is 0 Å². The molecule has 2 heteroatoms. The average Bonchev–Trinajstić information content (AvgIpc) is 2.28. The van der Waals surface area contributed by atoms with Crippen molar-refractivity contribution in [2.45, 2.75) is 66.7 Å². The molecule has 0 bridgehead atoms. The molecule has 1 fully saturated rings. The molecular weight excluding hydrogens is 234 g/mol. The van der Waals surface area contributed by atoms with E-state index in [-0.39, 0.29) is 5.41 Å². The van der Waals surface area contributed by atoms with Crippen molar-refractivity contribution in [3.05, 3.63) is 0 Å². The van der Waals surface area contributed by atoms with E-state index in [1.54, 1.807) is 0 Å². The van der Waals surface area contributed by atoms with E-state index in [0.717, 1.165) is 31.3 Å². The molecule has 0 atom stereocenters. The summed E-state index contributed by atoms with van der Waals surface area (Å²) >= 11 is 0. The first kappa shape index (κ1) is 17.0. The fourth-order valence-electron chi connectivity index (χ4n) is 3.24. The summed E-state index contributed by atoms with van der Waals surface area (Å²) in [4.78, 5) is 0. The summed E-state index contributed by atoms with van der Waals surface area (Å²) in [5.74, 6) is 1.78. The van der Waals surface area contributed by atoms with E-state index in [1.165, 1.54) is 25.7 Å². The highest BCUT2D eigenvalue weighted by atomic mass is 16.3. The molecule has 1 rings (SSSR count). The third-order valence-corrected chi connectivity index (χ3v) is 4.90. The highest BCUT2D eigenvalue weighted by Gasteiger charge is 2.29. The first-order chi connectivity index (χ1) is 8.74. The van der Waals surface area contributed by atoms with Gasteiger partial charge in [0, 0.05) is 13.2 Å². The Morgan fingerprint density at radius 2 is 1.58 bits per heavy atom. The molecule has 0 heterocycles. The van der Waals surface area contributed by atoms with Crippen molar-refractivity contribution in [3.63, 3.8) is 0 Å². The van der Waals surface area contributed by atoms with E-state index in [1.807, 2.05) is 0 Å². The van der Waals surface area contributed by atoms with Crippen molar-refractivity contribution < 1.29 is 5.11 Å². The Labute approximate surface area is 120 Å². The maximum atomic E-state index is 9.03. The van der Waals surface area contributed by atoms with Gasteiger partial charge in [0.1, 0.15) is 0 Å². The lowest BCUT2D eigenvalue weighted by Gasteiger charge is -2.37. The summed E-state index contributed by atoms with van der Waals surface area (Å²) in [6.45, 7) is 14.1. The zero-order valence-electron chi connectivity index (χ0n) is 13.8. The maximum absolute atomic E-state index is 9.03. The van der Waals surface area contributed by atoms with Gasteiger partial charge in [0.2, 0.25) is 0 Å². The summed E-state index contributed by atoms with van der Waals surface area (Å²) < 4.78 is 0. The molecule has 0 aromatic rings. The molecule has 0 aromatic heterocycles. The van der Waals surface area contributed by atoms with Crippen LogP contribution in [0, 0.1) is 22.7 Å². The van der Waals surface area contributed by atoms with Gasteiger partial charge in [0.25, 0.3) is 0 Å². The van der Waals surface area contributed by atoms with Crippen molar-refractivity contribution in [3.8, 4) is 0 Å². The number of aliphatic hydroxyl groups excluding tert-OH is 1. The van der Waals surface area contributed by atoms with Crippen LogP contribution < -0.4 is 5.32 Å². The summed E-state index contributed by atoms with van der Waals surface area (Å²) in [5.41, 5.74) is 0.707. The van der Waals surface area contributed by atoms with Gasteiger partial charge in [-0.15, -0.1) is 0 Å². The van der Waals surface area contributed by atoms with Crippen LogP contribution in [0.15, 0.2) is 0 Å². The van der Waals surface area contributed by atoms with Crippen molar-refractivity contribution in [1.82, 2.24) is 5.32 Å². The maximum Gasteiger partial charge on any atom is 0.0436 e. The first-order valence-corrected chi connectivity index (χ1v) is 8.06. The van der Waals surface area contributed by atoms with Crippen LogP contribution in [-0.4, -0.2) is 24.8 Å². The molecule has 114 valence electrons. The van der Waals surface area contributed by atoms with Crippen LogP contribution in [0.4, 0.5) is 0 Å². The van der Waals surface area contributed by atoms with Crippen LogP contribution in [0.5, 0.6) is 0 Å². The predicted octanol–water partition coefficient (Wildman–Crippen LogP) is 3.84. The van der Waals surface area contributed by atoms with Crippen molar-refractivity contribution >= 4 is 0 Å². The summed E-state index contributed by atoms with van der Waals surface area (Å²) in [6, 6.07) is 0. The molecule has 1 aliphatic rings. The normalized spacial score (nSPS) is 25.6. The molecule has 2 nitrogen and oxygen atoms in total. The van der Waals surface area contributed by atoms with E-state index >= 15 is 0 Å². The lowest BCUT2D eigenvalue weighted by molar-refractivity contribution is 0.146. The van der Waals surface area contributed by atoms with Gasteiger partial charge in [-0.25, -0.2) is 0 Å². The van der Waals surface area contributed by atoms with Crippen LogP contribution in [-0.2, 0) is 0 Å². The molecule has 0 saturated heterocycles. The molecule has 0 aliphatic heterocycles. The smallest absolute Gasteiger partial charge is 0.0436 e. The Morgan fingerprint density at radius 1 is 1.00 bits per heavy atom. The lowest BCUT2D eigenvalue weighted by atomic mass is 9.70. The lowest BCUT2D eigenvalue weighted by Crippen LogP contribution is -2.35. The van der Waals surface area contributed by atoms with Gasteiger partial charge < -0.3 is 10.4 Å². The highest BCUT2D eigenvalue weighted by molar-refractivity contribution is 4.82. The minimum atomic E-state index is 0.220. The zero-order chi connectivity index (χ0) is 14.5. The monoisotopic (exact) mass is 269 g/mol. The molecular formula is C17H35NO. The molecule has 0 unspecified atom stereocenters. The van der Waals surface area contributed by atoms with E-state index in [9.17, 15) is 0 Å². The SMILES string of the molecule is CC(C)(CCO)CNCC1CCC(C(C)(C)C)CC1. The number of rotatable bonds is 6. The summed E-state index contributed by atoms with van der Waals surface area (Å²) in [5, 5.41) is 12.7. The quantitative estimate of drug-likeness (QED) is 0.768. The van der Waals surface area contributed by atoms with Crippen LogP contribution in [0.3, 0.4) is 0 Å². The topological polar surface area (TPSA) is 32.3 Å². The Bertz CT molecular complexity index is 246. The van der Waals surface area contributed by atoms with Gasteiger partial charge in [-0.05, 0) is 61.3 Å². The third kappa shape index (κ3) is 6.27. The van der Waals surface area contributed by atoms with Crippen molar-refractivity contribution in [2.75, 3.05) is 19.7 Å². The molecule has 1 saturated carbocycles. The number of hydrogen-bond acceptors (Lipinski definition) is 2. The number of nitrogens with one attached hydrogen (secondary N) is 1. The molecule has 0 amide bonds. The minimum Gasteiger partial charge on any atom is -0.396 e. The molecule has 1 aliphatic carbocycles. The average molecular weight is 269 g/mol. The van der Waals surface area contributed by atoms with E-state index in [0.29, 0.717) is 12.0 Å². The van der Waals surface area contributed by atoms with Crippen LogP contribution in [0.25, 0.3) is 0 Å². The Balaban J connectivity index is 2.20. The second kappa shape index (κ2) is 7.08. The van der Waals surface area contributed by atoms with Gasteiger partial charge >= 0.3 is 0 Å². The fraction of sp³-hybridized carbons (Fsp3) is 1.00. The van der Waals surface area contributed by atoms with Gasteiger partial charge in [-0.2, -0.15) is 0 Å². The largest absolute Gasteiger partial charge is 0.396 e. The van der Waals surface area contributed by atoms with Crippen molar-refractivity contribution in [1.29, 1.82) is 0 Å². The molecule has 0 radical (unpaired) electrons. The summed E-state index contributed by atoms with van der Waals surface area (Å²) in [7, 11) is 0. The highest BCUT2D eigenvalue weighted by Crippen LogP contribution is 2.39. The predicted molar refractivity (Wildman–Crippen MR) is 83.3 cm³/mol. The van der Waals surface area contributed by atoms with Crippen LogP contribution >= 0.6 is 0 Å².